The van der Waals surface area contributed by atoms with E-state index in [1.54, 1.807) is 6.20 Å². The summed E-state index contributed by atoms with van der Waals surface area (Å²) >= 11 is 0. The molecule has 0 aliphatic carbocycles. The third kappa shape index (κ3) is 3.44. The van der Waals surface area contributed by atoms with Crippen LogP contribution in [0.2, 0.25) is 0 Å². The third-order valence-electron chi connectivity index (χ3n) is 4.07. The van der Waals surface area contributed by atoms with E-state index in [2.05, 4.69) is 15.5 Å². The second-order valence-corrected chi connectivity index (χ2v) is 5.59. The summed E-state index contributed by atoms with van der Waals surface area (Å²) in [5, 5.41) is 21.9. The summed E-state index contributed by atoms with van der Waals surface area (Å²) < 4.78 is 3.20. The Balaban J connectivity index is 2.13. The van der Waals surface area contributed by atoms with Gasteiger partial charge in [-0.05, 0) is 27.2 Å². The van der Waals surface area contributed by atoms with Crippen molar-refractivity contribution in [1.82, 2.24) is 24.9 Å². The Kier molecular flexibility index (Phi) is 5.32. The third-order valence-corrected chi connectivity index (χ3v) is 4.07. The Morgan fingerprint density at radius 2 is 2.08 bits per heavy atom. The van der Waals surface area contributed by atoms with Crippen LogP contribution in [0.5, 0.6) is 0 Å². The molecule has 0 saturated heterocycles. The van der Waals surface area contributed by atoms with Gasteiger partial charge in [-0.2, -0.15) is 10.2 Å². The molecule has 0 bridgehead atoms. The Morgan fingerprint density at radius 3 is 2.58 bits per heavy atom. The lowest BCUT2D eigenvalue weighted by atomic mass is 10.1. The molecule has 2 rings (SSSR count). The van der Waals surface area contributed by atoms with E-state index in [0.29, 0.717) is 6.42 Å². The number of aryl methyl sites for hydroxylation is 1. The molecule has 1 amide bonds. The van der Waals surface area contributed by atoms with Crippen LogP contribution in [-0.2, 0) is 11.3 Å². The first-order valence-electron chi connectivity index (χ1n) is 7.90. The molecule has 9 nitrogen and oxygen atoms in total. The maximum atomic E-state index is 12.6. The predicted octanol–water partition coefficient (Wildman–Crippen LogP) is 2.14. The van der Waals surface area contributed by atoms with E-state index in [9.17, 15) is 14.9 Å². The molecular weight excluding hydrogens is 312 g/mol. The molecule has 130 valence electrons. The lowest BCUT2D eigenvalue weighted by Gasteiger charge is -2.19. The molecule has 9 heteroatoms. The van der Waals surface area contributed by atoms with Crippen LogP contribution >= 0.6 is 0 Å². The molecule has 2 atom stereocenters. The maximum Gasteiger partial charge on any atom is 0.307 e. The van der Waals surface area contributed by atoms with Gasteiger partial charge in [0.05, 0.1) is 17.2 Å². The summed E-state index contributed by atoms with van der Waals surface area (Å²) in [6, 6.07) is -0.805. The summed E-state index contributed by atoms with van der Waals surface area (Å²) in [6.07, 6.45) is 4.65. The largest absolute Gasteiger partial charge is 0.348 e. The van der Waals surface area contributed by atoms with Crippen molar-refractivity contribution in [3.63, 3.8) is 0 Å². The second kappa shape index (κ2) is 7.24. The van der Waals surface area contributed by atoms with Crippen molar-refractivity contribution in [1.29, 1.82) is 0 Å². The predicted molar refractivity (Wildman–Crippen MR) is 87.4 cm³/mol. The Hall–Kier alpha value is -2.71. The van der Waals surface area contributed by atoms with Gasteiger partial charge in [-0.15, -0.1) is 0 Å². The highest BCUT2D eigenvalue weighted by atomic mass is 16.6. The van der Waals surface area contributed by atoms with Crippen molar-refractivity contribution in [3.05, 3.63) is 40.0 Å². The minimum absolute atomic E-state index is 0.130. The van der Waals surface area contributed by atoms with Gasteiger partial charge in [0.25, 0.3) is 0 Å². The molecule has 2 unspecified atom stereocenters. The van der Waals surface area contributed by atoms with Crippen LogP contribution in [0.3, 0.4) is 0 Å². The Labute approximate surface area is 139 Å². The van der Waals surface area contributed by atoms with Crippen molar-refractivity contribution in [2.75, 3.05) is 0 Å². The monoisotopic (exact) mass is 334 g/mol. The molecule has 0 aromatic carbocycles. The van der Waals surface area contributed by atoms with E-state index in [0.717, 1.165) is 24.0 Å². The van der Waals surface area contributed by atoms with Crippen molar-refractivity contribution in [2.45, 2.75) is 52.7 Å². The Morgan fingerprint density at radius 1 is 1.38 bits per heavy atom. The first-order valence-corrected chi connectivity index (χ1v) is 7.90. The second-order valence-electron chi connectivity index (χ2n) is 5.59. The maximum absolute atomic E-state index is 12.6. The highest BCUT2D eigenvalue weighted by Crippen LogP contribution is 2.20. The zero-order valence-corrected chi connectivity index (χ0v) is 14.3. The van der Waals surface area contributed by atoms with Crippen LogP contribution in [0, 0.1) is 17.0 Å². The number of rotatable bonds is 7. The van der Waals surface area contributed by atoms with Gasteiger partial charge in [0, 0.05) is 17.8 Å². The van der Waals surface area contributed by atoms with Crippen molar-refractivity contribution in [2.24, 2.45) is 0 Å². The molecular formula is C15H22N6O3. The van der Waals surface area contributed by atoms with E-state index < -0.39 is 11.0 Å². The van der Waals surface area contributed by atoms with E-state index >= 15 is 0 Å². The summed E-state index contributed by atoms with van der Waals surface area (Å²) in [4.78, 5) is 22.8. The molecule has 24 heavy (non-hydrogen) atoms. The fraction of sp³-hybridized carbons (Fsp3) is 0.533. The van der Waals surface area contributed by atoms with Crippen molar-refractivity contribution < 1.29 is 9.72 Å². The number of hydrogen-bond donors (Lipinski definition) is 1. The van der Waals surface area contributed by atoms with Gasteiger partial charge in [-0.25, -0.2) is 0 Å². The molecule has 0 fully saturated rings. The van der Waals surface area contributed by atoms with E-state index in [1.807, 2.05) is 32.4 Å². The van der Waals surface area contributed by atoms with Gasteiger partial charge < -0.3 is 5.32 Å². The highest BCUT2D eigenvalue weighted by molar-refractivity contribution is 5.80. The Bertz CT molecular complexity index is 735. The SMILES string of the molecule is CCC(C(=O)NC(C)c1cnn(CC)c1C)n1cc([N+](=O)[O-])cn1. The standard InChI is InChI=1S/C15H22N6O3/c1-5-14(20-9-12(7-16-20)21(23)24)15(22)18-10(3)13-8-17-19(6-2)11(13)4/h7-10,14H,5-6H2,1-4H3,(H,18,22). The minimum atomic E-state index is -0.595. The fourth-order valence-corrected chi connectivity index (χ4v) is 2.68. The fourth-order valence-electron chi connectivity index (χ4n) is 2.68. The van der Waals surface area contributed by atoms with Gasteiger partial charge >= 0.3 is 5.69 Å². The van der Waals surface area contributed by atoms with Crippen molar-refractivity contribution in [3.8, 4) is 0 Å². The first kappa shape index (κ1) is 17.6. The van der Waals surface area contributed by atoms with E-state index in [-0.39, 0.29) is 17.6 Å². The number of carbonyl (C=O) groups is 1. The van der Waals surface area contributed by atoms with Gasteiger partial charge in [0.2, 0.25) is 5.91 Å². The van der Waals surface area contributed by atoms with Gasteiger partial charge in [0.15, 0.2) is 0 Å². The molecule has 0 aliphatic heterocycles. The first-order chi connectivity index (χ1) is 11.4. The van der Waals surface area contributed by atoms with Crippen LogP contribution in [-0.4, -0.2) is 30.4 Å². The lowest BCUT2D eigenvalue weighted by Crippen LogP contribution is -2.34. The average Bonchev–Trinajstić information content (AvgIpc) is 3.15. The van der Waals surface area contributed by atoms with Crippen LogP contribution in [0.4, 0.5) is 5.69 Å². The summed E-state index contributed by atoms with van der Waals surface area (Å²) in [7, 11) is 0. The average molecular weight is 334 g/mol. The molecule has 0 radical (unpaired) electrons. The molecule has 0 spiro atoms. The number of nitro groups is 1. The van der Waals surface area contributed by atoms with Gasteiger partial charge in [-0.3, -0.25) is 24.3 Å². The lowest BCUT2D eigenvalue weighted by molar-refractivity contribution is -0.385. The zero-order valence-electron chi connectivity index (χ0n) is 14.3. The van der Waals surface area contributed by atoms with Gasteiger partial charge in [-0.1, -0.05) is 6.92 Å². The van der Waals surface area contributed by atoms with Crippen LogP contribution in [0.15, 0.2) is 18.6 Å². The number of hydrogen-bond acceptors (Lipinski definition) is 5. The highest BCUT2D eigenvalue weighted by Gasteiger charge is 2.24. The number of amides is 1. The summed E-state index contributed by atoms with van der Waals surface area (Å²) in [5.74, 6) is -0.230. The van der Waals surface area contributed by atoms with Crippen LogP contribution in [0.25, 0.3) is 0 Å². The number of carbonyl (C=O) groups excluding carboxylic acids is 1. The summed E-state index contributed by atoms with van der Waals surface area (Å²) in [5.41, 5.74) is 1.83. The molecule has 2 aromatic rings. The smallest absolute Gasteiger partial charge is 0.307 e. The van der Waals surface area contributed by atoms with E-state index in [1.165, 1.54) is 10.9 Å². The quantitative estimate of drug-likeness (QED) is 0.616. The van der Waals surface area contributed by atoms with E-state index in [4.69, 9.17) is 0 Å². The topological polar surface area (TPSA) is 108 Å². The molecule has 2 aromatic heterocycles. The number of aromatic nitrogens is 4. The number of nitrogens with one attached hydrogen (secondary N) is 1. The molecule has 0 aliphatic rings. The van der Waals surface area contributed by atoms with Crippen LogP contribution in [0.1, 0.15) is 50.5 Å². The van der Waals surface area contributed by atoms with Crippen molar-refractivity contribution >= 4 is 11.6 Å². The van der Waals surface area contributed by atoms with Crippen LogP contribution < -0.4 is 5.32 Å². The minimum Gasteiger partial charge on any atom is -0.348 e. The summed E-state index contributed by atoms with van der Waals surface area (Å²) in [6.45, 7) is 8.46. The molecule has 0 saturated carbocycles. The van der Waals surface area contributed by atoms with Gasteiger partial charge in [0.1, 0.15) is 18.4 Å². The number of nitrogens with zero attached hydrogens (tertiary/aromatic N) is 5. The molecule has 2 heterocycles. The zero-order chi connectivity index (χ0) is 17.9. The molecule has 1 N–H and O–H groups in total. The normalized spacial score (nSPS) is 13.5.